The number of amides is 2. The van der Waals surface area contributed by atoms with Gasteiger partial charge < -0.3 is 10.6 Å². The molecule has 4 nitrogen and oxygen atoms in total. The second-order valence-electron chi connectivity index (χ2n) is 5.91. The largest absolute Gasteiger partial charge is 0.344 e. The molecule has 0 rings (SSSR count). The van der Waals surface area contributed by atoms with Gasteiger partial charge in [-0.1, -0.05) is 27.7 Å². The molecule has 0 heterocycles. The van der Waals surface area contributed by atoms with Crippen LogP contribution in [0.25, 0.3) is 0 Å². The van der Waals surface area contributed by atoms with Gasteiger partial charge in [0.2, 0.25) is 0 Å². The number of hydrogen-bond acceptors (Lipinski definition) is 2. The summed E-state index contributed by atoms with van der Waals surface area (Å²) in [6.45, 7) is 8.16. The highest BCUT2D eigenvalue weighted by molar-refractivity contribution is 6.35. The molecule has 20 heavy (non-hydrogen) atoms. The number of rotatable bonds is 8. The van der Waals surface area contributed by atoms with Crippen LogP contribution in [0.2, 0.25) is 0 Å². The van der Waals surface area contributed by atoms with Gasteiger partial charge >= 0.3 is 11.8 Å². The monoisotopic (exact) mass is 324 g/mol. The smallest absolute Gasteiger partial charge is 0.309 e. The summed E-state index contributed by atoms with van der Waals surface area (Å²) in [4.78, 5) is 23.6. The van der Waals surface area contributed by atoms with Gasteiger partial charge in [0.15, 0.2) is 0 Å². The fraction of sp³-hybridized carbons (Fsp3) is 0.857. The maximum absolute atomic E-state index is 11.8. The van der Waals surface area contributed by atoms with Crippen molar-refractivity contribution in [2.45, 2.75) is 52.6 Å². The van der Waals surface area contributed by atoms with Crippen LogP contribution in [0, 0.1) is 11.8 Å². The van der Waals surface area contributed by atoms with Crippen LogP contribution in [0.1, 0.15) is 40.5 Å². The summed E-state index contributed by atoms with van der Waals surface area (Å²) in [5.41, 5.74) is 0. The van der Waals surface area contributed by atoms with Crippen LogP contribution >= 0.6 is 23.2 Å². The molecule has 0 aliphatic carbocycles. The molecule has 0 unspecified atom stereocenters. The summed E-state index contributed by atoms with van der Waals surface area (Å²) in [6.07, 6.45) is 1.49. The summed E-state index contributed by atoms with van der Waals surface area (Å²) < 4.78 is 0. The summed E-state index contributed by atoms with van der Waals surface area (Å²) in [5, 5.41) is 5.31. The molecule has 0 aliphatic heterocycles. The zero-order chi connectivity index (χ0) is 15.7. The Morgan fingerprint density at radius 3 is 1.30 bits per heavy atom. The van der Waals surface area contributed by atoms with Crippen molar-refractivity contribution in [1.82, 2.24) is 10.6 Å². The van der Waals surface area contributed by atoms with E-state index in [0.29, 0.717) is 23.6 Å². The number of carbonyl (C=O) groups is 2. The average Bonchev–Trinajstić information content (AvgIpc) is 2.35. The molecule has 0 bridgehead atoms. The second-order valence-corrected chi connectivity index (χ2v) is 6.53. The maximum Gasteiger partial charge on any atom is 0.309 e. The summed E-state index contributed by atoms with van der Waals surface area (Å²) in [5.74, 6) is 0.104. The Labute approximate surface area is 132 Å². The lowest BCUT2D eigenvalue weighted by atomic mass is 10.0. The first-order chi connectivity index (χ1) is 9.29. The van der Waals surface area contributed by atoms with Gasteiger partial charge in [0.1, 0.15) is 0 Å². The molecule has 0 saturated heterocycles. The van der Waals surface area contributed by atoms with Crippen molar-refractivity contribution in [3.05, 3.63) is 0 Å². The molecular weight excluding hydrogens is 299 g/mol. The van der Waals surface area contributed by atoms with Crippen LogP contribution in [0.15, 0.2) is 0 Å². The van der Waals surface area contributed by atoms with Crippen LogP contribution in [-0.4, -0.2) is 35.7 Å². The molecular formula is C14H26Cl2N2O2. The fourth-order valence-electron chi connectivity index (χ4n) is 1.96. The lowest BCUT2D eigenvalue weighted by Crippen LogP contribution is -2.49. The Morgan fingerprint density at radius 2 is 1.10 bits per heavy atom. The standard InChI is InChI=1S/C14H26Cl2N2O2/c1-9(2)5-11(7-15)17-13(19)14(20)18-12(8-16)6-10(3)4/h9-12H,5-8H2,1-4H3,(H,17,19)(H,18,20)/t11-,12-/m0/s1. The van der Waals surface area contributed by atoms with E-state index < -0.39 is 11.8 Å². The Kier molecular flexibility index (Phi) is 10.0. The van der Waals surface area contributed by atoms with Crippen LogP contribution in [-0.2, 0) is 9.59 Å². The quantitative estimate of drug-likeness (QED) is 0.532. The summed E-state index contributed by atoms with van der Waals surface area (Å²) >= 11 is 11.6. The maximum atomic E-state index is 11.8. The highest BCUT2D eigenvalue weighted by Gasteiger charge is 2.21. The third-order valence-corrected chi connectivity index (χ3v) is 3.51. The van der Waals surface area contributed by atoms with Crippen molar-refractivity contribution in [2.75, 3.05) is 11.8 Å². The van der Waals surface area contributed by atoms with Gasteiger partial charge in [-0.25, -0.2) is 0 Å². The van der Waals surface area contributed by atoms with E-state index in [0.717, 1.165) is 12.8 Å². The van der Waals surface area contributed by atoms with Gasteiger partial charge in [-0.2, -0.15) is 0 Å². The van der Waals surface area contributed by atoms with Gasteiger partial charge in [-0.15, -0.1) is 23.2 Å². The van der Waals surface area contributed by atoms with Gasteiger partial charge in [0.05, 0.1) is 0 Å². The minimum atomic E-state index is -0.643. The second kappa shape index (κ2) is 10.3. The van der Waals surface area contributed by atoms with Crippen LogP contribution in [0.5, 0.6) is 0 Å². The molecule has 0 aromatic rings. The minimum absolute atomic E-state index is 0.186. The normalized spacial score (nSPS) is 14.2. The Balaban J connectivity index is 4.35. The first-order valence-electron chi connectivity index (χ1n) is 7.03. The first-order valence-corrected chi connectivity index (χ1v) is 8.10. The topological polar surface area (TPSA) is 58.2 Å². The van der Waals surface area contributed by atoms with Crippen LogP contribution in [0.4, 0.5) is 0 Å². The van der Waals surface area contributed by atoms with E-state index in [-0.39, 0.29) is 12.1 Å². The average molecular weight is 325 g/mol. The Hall–Kier alpha value is -0.480. The molecule has 0 spiro atoms. The number of nitrogens with one attached hydrogen (secondary N) is 2. The molecule has 0 aromatic heterocycles. The third kappa shape index (κ3) is 8.64. The first kappa shape index (κ1) is 19.5. The number of hydrogen-bond donors (Lipinski definition) is 2. The van der Waals surface area contributed by atoms with E-state index in [1.807, 2.05) is 27.7 Å². The lowest BCUT2D eigenvalue weighted by Gasteiger charge is -2.20. The molecule has 0 saturated carbocycles. The molecule has 2 atom stereocenters. The van der Waals surface area contributed by atoms with Gasteiger partial charge in [-0.3, -0.25) is 9.59 Å². The molecule has 6 heteroatoms. The minimum Gasteiger partial charge on any atom is -0.344 e. The Morgan fingerprint density at radius 1 is 0.800 bits per heavy atom. The highest BCUT2D eigenvalue weighted by atomic mass is 35.5. The van der Waals surface area contributed by atoms with Crippen LogP contribution in [0.3, 0.4) is 0 Å². The summed E-state index contributed by atoms with van der Waals surface area (Å²) in [6, 6.07) is -0.371. The molecule has 0 aromatic carbocycles. The van der Waals surface area contributed by atoms with Gasteiger partial charge in [0.25, 0.3) is 0 Å². The predicted molar refractivity (Wildman–Crippen MR) is 84.2 cm³/mol. The van der Waals surface area contributed by atoms with Crippen molar-refractivity contribution in [3.63, 3.8) is 0 Å². The van der Waals surface area contributed by atoms with E-state index in [4.69, 9.17) is 23.2 Å². The van der Waals surface area contributed by atoms with E-state index in [1.165, 1.54) is 0 Å². The van der Waals surface area contributed by atoms with E-state index >= 15 is 0 Å². The van der Waals surface area contributed by atoms with Gasteiger partial charge in [0, 0.05) is 23.8 Å². The number of halogens is 2. The molecule has 0 aliphatic rings. The number of carbonyl (C=O) groups excluding carboxylic acids is 2. The van der Waals surface area contributed by atoms with Crippen molar-refractivity contribution in [1.29, 1.82) is 0 Å². The fourth-order valence-corrected chi connectivity index (χ4v) is 2.37. The molecule has 0 radical (unpaired) electrons. The Bertz CT molecular complexity index is 280. The van der Waals surface area contributed by atoms with E-state index in [1.54, 1.807) is 0 Å². The molecule has 118 valence electrons. The predicted octanol–water partition coefficient (Wildman–Crippen LogP) is 2.53. The summed E-state index contributed by atoms with van der Waals surface area (Å²) in [7, 11) is 0. The highest BCUT2D eigenvalue weighted by Crippen LogP contribution is 2.07. The molecule has 2 amide bonds. The number of alkyl halides is 2. The van der Waals surface area contributed by atoms with E-state index in [9.17, 15) is 9.59 Å². The van der Waals surface area contributed by atoms with Crippen molar-refractivity contribution in [2.24, 2.45) is 11.8 Å². The zero-order valence-electron chi connectivity index (χ0n) is 12.7. The lowest BCUT2D eigenvalue weighted by molar-refractivity contribution is -0.140. The third-order valence-electron chi connectivity index (χ3n) is 2.76. The van der Waals surface area contributed by atoms with Crippen LogP contribution < -0.4 is 10.6 Å². The van der Waals surface area contributed by atoms with Crippen molar-refractivity contribution < 1.29 is 9.59 Å². The molecule has 0 fully saturated rings. The van der Waals surface area contributed by atoms with E-state index in [2.05, 4.69) is 10.6 Å². The SMILES string of the molecule is CC(C)C[C@@H](CCl)NC(=O)C(=O)N[C@H](CCl)CC(C)C. The molecule has 2 N–H and O–H groups in total. The van der Waals surface area contributed by atoms with Crippen molar-refractivity contribution >= 4 is 35.0 Å². The van der Waals surface area contributed by atoms with Gasteiger partial charge in [-0.05, 0) is 24.7 Å². The van der Waals surface area contributed by atoms with Crippen molar-refractivity contribution in [3.8, 4) is 0 Å². The zero-order valence-corrected chi connectivity index (χ0v) is 14.2.